The second-order valence-corrected chi connectivity index (χ2v) is 3.80. The number of esters is 1. The molecule has 0 saturated heterocycles. The number of para-hydroxylation sites is 1. The molecule has 0 aliphatic carbocycles. The van der Waals surface area contributed by atoms with E-state index in [2.05, 4.69) is 0 Å². The van der Waals surface area contributed by atoms with Crippen molar-refractivity contribution in [2.24, 2.45) is 5.41 Å². The minimum Gasteiger partial charge on any atom is -0.480 e. The van der Waals surface area contributed by atoms with Gasteiger partial charge in [0.2, 0.25) is 0 Å². The van der Waals surface area contributed by atoms with Gasteiger partial charge in [-0.25, -0.2) is 0 Å². The lowest BCUT2D eigenvalue weighted by Crippen LogP contribution is -2.41. The molecule has 0 saturated carbocycles. The van der Waals surface area contributed by atoms with E-state index in [0.29, 0.717) is 5.75 Å². The number of rotatable bonds is 5. The molecule has 0 aromatic heterocycles. The Morgan fingerprint density at radius 1 is 1.18 bits per heavy atom. The van der Waals surface area contributed by atoms with Crippen LogP contribution in [0.3, 0.4) is 0 Å². The molecule has 1 aromatic carbocycles. The van der Waals surface area contributed by atoms with Crippen LogP contribution in [-0.4, -0.2) is 17.0 Å². The van der Waals surface area contributed by atoms with Gasteiger partial charge >= 0.3 is 11.9 Å². The molecule has 0 atom stereocenters. The van der Waals surface area contributed by atoms with Crippen molar-refractivity contribution in [1.29, 1.82) is 0 Å². The predicted octanol–water partition coefficient (Wildman–Crippen LogP) is 2.48. The van der Waals surface area contributed by atoms with E-state index >= 15 is 0 Å². The van der Waals surface area contributed by atoms with Crippen LogP contribution in [0, 0.1) is 5.41 Å². The van der Waals surface area contributed by atoms with Gasteiger partial charge in [-0.1, -0.05) is 32.0 Å². The number of hydrogen-bond acceptors (Lipinski definition) is 3. The molecule has 0 amide bonds. The lowest BCUT2D eigenvalue weighted by molar-refractivity contribution is -0.163. The van der Waals surface area contributed by atoms with Gasteiger partial charge in [-0.15, -0.1) is 0 Å². The van der Waals surface area contributed by atoms with Crippen molar-refractivity contribution < 1.29 is 19.4 Å². The fraction of sp³-hybridized carbons (Fsp3) is 0.385. The Balaban J connectivity index is 2.91. The van der Waals surface area contributed by atoms with Crippen molar-refractivity contribution >= 4 is 11.9 Å². The van der Waals surface area contributed by atoms with E-state index in [4.69, 9.17) is 4.74 Å². The first-order valence-corrected chi connectivity index (χ1v) is 5.57. The molecule has 0 fully saturated rings. The minimum absolute atomic E-state index is 0.213. The van der Waals surface area contributed by atoms with E-state index in [1.54, 1.807) is 44.2 Å². The van der Waals surface area contributed by atoms with E-state index in [1.807, 2.05) is 0 Å². The van der Waals surface area contributed by atoms with Crippen LogP contribution in [0.4, 0.5) is 0 Å². The summed E-state index contributed by atoms with van der Waals surface area (Å²) in [5.41, 5.74) is -1.45. The number of ether oxygens (including phenoxy) is 1. The molecular weight excluding hydrogens is 220 g/mol. The van der Waals surface area contributed by atoms with Gasteiger partial charge in [0.25, 0.3) is 0 Å². The molecule has 0 aliphatic rings. The van der Waals surface area contributed by atoms with Crippen LogP contribution in [0.2, 0.25) is 0 Å². The summed E-state index contributed by atoms with van der Waals surface area (Å²) in [6.07, 6.45) is 0.426. The predicted molar refractivity (Wildman–Crippen MR) is 62.7 cm³/mol. The molecule has 4 heteroatoms. The Bertz CT molecular complexity index is 393. The molecule has 92 valence electrons. The van der Waals surface area contributed by atoms with Gasteiger partial charge in [-0.05, 0) is 25.0 Å². The minimum atomic E-state index is -1.45. The van der Waals surface area contributed by atoms with Gasteiger partial charge in [0.05, 0.1) is 0 Å². The smallest absolute Gasteiger partial charge is 0.328 e. The van der Waals surface area contributed by atoms with Crippen molar-refractivity contribution in [2.45, 2.75) is 26.7 Å². The van der Waals surface area contributed by atoms with Crippen molar-refractivity contribution in [3.63, 3.8) is 0 Å². The highest BCUT2D eigenvalue weighted by Crippen LogP contribution is 2.29. The molecule has 0 unspecified atom stereocenters. The van der Waals surface area contributed by atoms with Gasteiger partial charge in [0, 0.05) is 0 Å². The fourth-order valence-electron chi connectivity index (χ4n) is 1.62. The quantitative estimate of drug-likeness (QED) is 0.484. The summed E-state index contributed by atoms with van der Waals surface area (Å²) in [7, 11) is 0. The summed E-state index contributed by atoms with van der Waals surface area (Å²) in [4.78, 5) is 23.1. The van der Waals surface area contributed by atoms with Crippen LogP contribution in [0.15, 0.2) is 30.3 Å². The molecule has 1 rings (SSSR count). The number of carboxylic acids is 1. The summed E-state index contributed by atoms with van der Waals surface area (Å²) >= 11 is 0. The van der Waals surface area contributed by atoms with E-state index in [1.165, 1.54) is 0 Å². The zero-order valence-electron chi connectivity index (χ0n) is 9.97. The van der Waals surface area contributed by atoms with E-state index < -0.39 is 17.4 Å². The molecule has 17 heavy (non-hydrogen) atoms. The maximum absolute atomic E-state index is 11.9. The average molecular weight is 236 g/mol. The van der Waals surface area contributed by atoms with Gasteiger partial charge < -0.3 is 9.84 Å². The topological polar surface area (TPSA) is 63.6 Å². The van der Waals surface area contributed by atoms with E-state index in [0.717, 1.165) is 0 Å². The number of benzene rings is 1. The third-order valence-electron chi connectivity index (χ3n) is 2.96. The first-order chi connectivity index (χ1) is 8.06. The molecule has 0 radical (unpaired) electrons. The van der Waals surface area contributed by atoms with E-state index in [9.17, 15) is 14.7 Å². The Hall–Kier alpha value is -1.84. The highest BCUT2D eigenvalue weighted by atomic mass is 16.5. The highest BCUT2D eigenvalue weighted by Gasteiger charge is 2.44. The molecular formula is C13H16O4. The van der Waals surface area contributed by atoms with Crippen molar-refractivity contribution in [1.82, 2.24) is 0 Å². The molecule has 0 spiro atoms. The summed E-state index contributed by atoms with van der Waals surface area (Å²) in [5, 5.41) is 9.17. The Morgan fingerprint density at radius 3 is 2.12 bits per heavy atom. The van der Waals surface area contributed by atoms with Crippen LogP contribution in [0.25, 0.3) is 0 Å². The van der Waals surface area contributed by atoms with Crippen LogP contribution in [-0.2, 0) is 9.59 Å². The van der Waals surface area contributed by atoms with Crippen molar-refractivity contribution in [3.05, 3.63) is 30.3 Å². The summed E-state index contributed by atoms with van der Waals surface area (Å²) in [6, 6.07) is 8.49. The summed E-state index contributed by atoms with van der Waals surface area (Å²) in [5.74, 6) is -1.48. The summed E-state index contributed by atoms with van der Waals surface area (Å²) < 4.78 is 5.10. The normalized spacial score (nSPS) is 10.9. The largest absolute Gasteiger partial charge is 0.480 e. The van der Waals surface area contributed by atoms with Crippen molar-refractivity contribution in [3.8, 4) is 5.75 Å². The standard InChI is InChI=1S/C13H16O4/c1-3-13(4-2,11(14)15)12(16)17-10-8-6-5-7-9-10/h5-9H,3-4H2,1-2H3,(H,14,15). The molecule has 1 aromatic rings. The number of aliphatic carboxylic acids is 1. The zero-order valence-corrected chi connectivity index (χ0v) is 9.97. The number of hydrogen-bond donors (Lipinski definition) is 1. The second kappa shape index (κ2) is 5.48. The third kappa shape index (κ3) is 2.64. The lowest BCUT2D eigenvalue weighted by Gasteiger charge is -2.23. The molecule has 0 bridgehead atoms. The third-order valence-corrected chi connectivity index (χ3v) is 2.96. The van der Waals surface area contributed by atoms with Gasteiger partial charge in [0.1, 0.15) is 5.75 Å². The molecule has 0 heterocycles. The molecule has 0 aliphatic heterocycles. The first-order valence-electron chi connectivity index (χ1n) is 5.57. The van der Waals surface area contributed by atoms with E-state index in [-0.39, 0.29) is 12.8 Å². The maximum Gasteiger partial charge on any atom is 0.328 e. The number of carboxylic acid groups (broad SMARTS) is 1. The van der Waals surface area contributed by atoms with Gasteiger partial charge in [0.15, 0.2) is 5.41 Å². The average Bonchev–Trinajstić information content (AvgIpc) is 2.32. The first kappa shape index (κ1) is 13.2. The van der Waals surface area contributed by atoms with Crippen LogP contribution in [0.1, 0.15) is 26.7 Å². The fourth-order valence-corrected chi connectivity index (χ4v) is 1.62. The highest BCUT2D eigenvalue weighted by molar-refractivity contribution is 5.99. The summed E-state index contributed by atoms with van der Waals surface area (Å²) in [6.45, 7) is 3.34. The Morgan fingerprint density at radius 2 is 1.71 bits per heavy atom. The lowest BCUT2D eigenvalue weighted by atomic mass is 9.82. The van der Waals surface area contributed by atoms with Crippen LogP contribution >= 0.6 is 0 Å². The number of carbonyl (C=O) groups is 2. The monoisotopic (exact) mass is 236 g/mol. The maximum atomic E-state index is 11.9. The second-order valence-electron chi connectivity index (χ2n) is 3.80. The SMILES string of the molecule is CCC(CC)(C(=O)O)C(=O)Oc1ccccc1. The molecule has 1 N–H and O–H groups in total. The zero-order chi connectivity index (χ0) is 12.9. The van der Waals surface area contributed by atoms with Gasteiger partial charge in [-0.3, -0.25) is 9.59 Å². The number of carbonyl (C=O) groups excluding carboxylic acids is 1. The van der Waals surface area contributed by atoms with Crippen LogP contribution in [0.5, 0.6) is 5.75 Å². The Labute approximate surface area is 100 Å². The van der Waals surface area contributed by atoms with Crippen molar-refractivity contribution in [2.75, 3.05) is 0 Å². The van der Waals surface area contributed by atoms with Crippen LogP contribution < -0.4 is 4.74 Å². The molecule has 4 nitrogen and oxygen atoms in total. The van der Waals surface area contributed by atoms with Gasteiger partial charge in [-0.2, -0.15) is 0 Å². The Kier molecular flexibility index (Phi) is 4.26.